The molecule has 1 N–H and O–H groups in total. The summed E-state index contributed by atoms with van der Waals surface area (Å²) in [4.78, 5) is 30.8. The maximum absolute atomic E-state index is 12.7. The minimum atomic E-state index is -0.444. The molecular formula is C21H22N4O4. The Kier molecular flexibility index (Phi) is 5.41. The van der Waals surface area contributed by atoms with Crippen molar-refractivity contribution in [3.8, 4) is 11.3 Å². The van der Waals surface area contributed by atoms with Crippen LogP contribution in [0.2, 0.25) is 0 Å². The van der Waals surface area contributed by atoms with Gasteiger partial charge >= 0.3 is 0 Å². The third kappa shape index (κ3) is 4.37. The first-order valence-corrected chi connectivity index (χ1v) is 9.57. The van der Waals surface area contributed by atoms with Crippen LogP contribution in [0.25, 0.3) is 11.3 Å². The minimum Gasteiger partial charge on any atom is -0.444 e. The molecule has 29 heavy (non-hydrogen) atoms. The maximum atomic E-state index is 12.7. The van der Waals surface area contributed by atoms with Gasteiger partial charge in [0.2, 0.25) is 11.8 Å². The molecule has 8 nitrogen and oxygen atoms in total. The van der Waals surface area contributed by atoms with Crippen LogP contribution in [-0.4, -0.2) is 39.4 Å². The molecular weight excluding hydrogens is 372 g/mol. The predicted octanol–water partition coefficient (Wildman–Crippen LogP) is 2.49. The van der Waals surface area contributed by atoms with Gasteiger partial charge in [-0.1, -0.05) is 29.4 Å². The van der Waals surface area contributed by atoms with E-state index in [1.807, 2.05) is 31.2 Å². The molecule has 1 fully saturated rings. The Morgan fingerprint density at radius 2 is 2.10 bits per heavy atom. The maximum Gasteiger partial charge on any atom is 0.243 e. The van der Waals surface area contributed by atoms with Crippen molar-refractivity contribution in [3.63, 3.8) is 0 Å². The van der Waals surface area contributed by atoms with Crippen LogP contribution in [0.1, 0.15) is 29.9 Å². The SMILES string of the molecule is Cc1cc(CC(=O)N2CCC[C@H]2C(=O)NCc2ccc(-c3cnco3)cc2)on1. The van der Waals surface area contributed by atoms with Crippen LogP contribution in [0.15, 0.2) is 51.9 Å². The first kappa shape index (κ1) is 18.9. The largest absolute Gasteiger partial charge is 0.444 e. The van der Waals surface area contributed by atoms with Gasteiger partial charge in [0.15, 0.2) is 12.2 Å². The van der Waals surface area contributed by atoms with Crippen molar-refractivity contribution in [3.05, 3.63) is 59.9 Å². The molecule has 1 atom stereocenters. The van der Waals surface area contributed by atoms with Crippen molar-refractivity contribution in [2.75, 3.05) is 6.54 Å². The zero-order valence-corrected chi connectivity index (χ0v) is 16.1. The van der Waals surface area contributed by atoms with Crippen molar-refractivity contribution in [2.45, 2.75) is 38.8 Å². The number of likely N-dealkylation sites (tertiary alicyclic amines) is 1. The summed E-state index contributed by atoms with van der Waals surface area (Å²) in [6.45, 7) is 2.78. The molecule has 2 aromatic heterocycles. The van der Waals surface area contributed by atoms with Crippen LogP contribution in [0.3, 0.4) is 0 Å². The average molecular weight is 394 g/mol. The fourth-order valence-corrected chi connectivity index (χ4v) is 3.54. The number of amides is 2. The summed E-state index contributed by atoms with van der Waals surface area (Å²) in [7, 11) is 0. The van der Waals surface area contributed by atoms with Gasteiger partial charge in [-0.2, -0.15) is 0 Å². The molecule has 1 saturated heterocycles. The molecule has 0 spiro atoms. The zero-order chi connectivity index (χ0) is 20.2. The summed E-state index contributed by atoms with van der Waals surface area (Å²) >= 11 is 0. The van der Waals surface area contributed by atoms with Crippen LogP contribution in [0.4, 0.5) is 0 Å². The Morgan fingerprint density at radius 3 is 2.79 bits per heavy atom. The van der Waals surface area contributed by atoms with E-state index in [2.05, 4.69) is 15.5 Å². The number of carbonyl (C=O) groups is 2. The molecule has 0 aliphatic carbocycles. The Balaban J connectivity index is 1.33. The Labute approximate surface area is 167 Å². The molecule has 3 heterocycles. The fraction of sp³-hybridized carbons (Fsp3) is 0.333. The van der Waals surface area contributed by atoms with E-state index in [0.717, 1.165) is 23.2 Å². The number of hydrogen-bond donors (Lipinski definition) is 1. The second-order valence-electron chi connectivity index (χ2n) is 7.14. The van der Waals surface area contributed by atoms with Crippen molar-refractivity contribution < 1.29 is 18.5 Å². The van der Waals surface area contributed by atoms with E-state index in [4.69, 9.17) is 8.94 Å². The Hall–Kier alpha value is -3.42. The molecule has 0 bridgehead atoms. The molecule has 1 aliphatic rings. The predicted molar refractivity (Wildman–Crippen MR) is 103 cm³/mol. The van der Waals surface area contributed by atoms with Gasteiger partial charge in [0, 0.05) is 24.7 Å². The Morgan fingerprint density at radius 1 is 1.28 bits per heavy atom. The first-order valence-electron chi connectivity index (χ1n) is 9.57. The molecule has 0 radical (unpaired) electrons. The summed E-state index contributed by atoms with van der Waals surface area (Å²) in [6.07, 6.45) is 4.64. The van der Waals surface area contributed by atoms with Gasteiger partial charge in [0.25, 0.3) is 0 Å². The van der Waals surface area contributed by atoms with Crippen LogP contribution in [0, 0.1) is 6.92 Å². The van der Waals surface area contributed by atoms with Crippen LogP contribution < -0.4 is 5.32 Å². The lowest BCUT2D eigenvalue weighted by Gasteiger charge is -2.23. The van der Waals surface area contributed by atoms with E-state index in [-0.39, 0.29) is 18.2 Å². The molecule has 0 saturated carbocycles. The average Bonchev–Trinajstić information content (AvgIpc) is 3.48. The number of nitrogens with one attached hydrogen (secondary N) is 1. The van der Waals surface area contributed by atoms with E-state index in [1.54, 1.807) is 17.2 Å². The Bertz CT molecular complexity index is 979. The third-order valence-electron chi connectivity index (χ3n) is 5.02. The highest BCUT2D eigenvalue weighted by molar-refractivity contribution is 5.88. The molecule has 150 valence electrons. The molecule has 3 aromatic rings. The molecule has 8 heteroatoms. The van der Waals surface area contributed by atoms with Crippen LogP contribution in [-0.2, 0) is 22.6 Å². The lowest BCUT2D eigenvalue weighted by molar-refractivity contribution is -0.138. The second kappa shape index (κ2) is 8.30. The number of hydrogen-bond acceptors (Lipinski definition) is 6. The molecule has 0 unspecified atom stereocenters. The van der Waals surface area contributed by atoms with E-state index in [0.29, 0.717) is 31.0 Å². The number of benzene rings is 1. The van der Waals surface area contributed by atoms with Crippen molar-refractivity contribution in [2.24, 2.45) is 0 Å². The second-order valence-corrected chi connectivity index (χ2v) is 7.14. The van der Waals surface area contributed by atoms with E-state index in [9.17, 15) is 9.59 Å². The highest BCUT2D eigenvalue weighted by Gasteiger charge is 2.34. The van der Waals surface area contributed by atoms with Gasteiger partial charge < -0.3 is 19.2 Å². The minimum absolute atomic E-state index is 0.116. The number of nitrogens with zero attached hydrogens (tertiary/aromatic N) is 3. The quantitative estimate of drug-likeness (QED) is 0.689. The van der Waals surface area contributed by atoms with E-state index < -0.39 is 6.04 Å². The van der Waals surface area contributed by atoms with Gasteiger partial charge in [0.05, 0.1) is 18.3 Å². The topological polar surface area (TPSA) is 101 Å². The monoisotopic (exact) mass is 394 g/mol. The lowest BCUT2D eigenvalue weighted by atomic mass is 10.1. The zero-order valence-electron chi connectivity index (χ0n) is 16.1. The number of aromatic nitrogens is 2. The lowest BCUT2D eigenvalue weighted by Crippen LogP contribution is -2.46. The standard InChI is InChI=1S/C21H22N4O4/c1-14-9-17(29-24-14)10-20(26)25-8-2-3-18(25)21(27)23-11-15-4-6-16(7-5-15)19-12-22-13-28-19/h4-7,9,12-13,18H,2-3,8,10-11H2,1H3,(H,23,27)/t18-/m0/s1. The van der Waals surface area contributed by atoms with Crippen LogP contribution in [0.5, 0.6) is 0 Å². The normalized spacial score (nSPS) is 16.2. The summed E-state index contributed by atoms with van der Waals surface area (Å²) in [5.74, 6) is 0.965. The molecule has 1 aromatic carbocycles. The fourth-order valence-electron chi connectivity index (χ4n) is 3.54. The summed E-state index contributed by atoms with van der Waals surface area (Å²) < 4.78 is 10.4. The summed E-state index contributed by atoms with van der Waals surface area (Å²) in [6, 6.07) is 9.01. The van der Waals surface area contributed by atoms with Gasteiger partial charge in [0.1, 0.15) is 11.8 Å². The van der Waals surface area contributed by atoms with Crippen LogP contribution >= 0.6 is 0 Å². The number of carbonyl (C=O) groups excluding carboxylic acids is 2. The highest BCUT2D eigenvalue weighted by Crippen LogP contribution is 2.21. The third-order valence-corrected chi connectivity index (χ3v) is 5.02. The van der Waals surface area contributed by atoms with Gasteiger partial charge in [-0.15, -0.1) is 0 Å². The smallest absolute Gasteiger partial charge is 0.243 e. The highest BCUT2D eigenvalue weighted by atomic mass is 16.5. The first-order chi connectivity index (χ1) is 14.1. The van der Waals surface area contributed by atoms with E-state index in [1.165, 1.54) is 6.39 Å². The number of oxazole rings is 1. The van der Waals surface area contributed by atoms with Gasteiger partial charge in [-0.05, 0) is 25.3 Å². The molecule has 4 rings (SSSR count). The summed E-state index contributed by atoms with van der Waals surface area (Å²) in [5, 5.41) is 6.75. The van der Waals surface area contributed by atoms with Gasteiger partial charge in [-0.3, -0.25) is 9.59 Å². The van der Waals surface area contributed by atoms with E-state index >= 15 is 0 Å². The summed E-state index contributed by atoms with van der Waals surface area (Å²) in [5.41, 5.74) is 2.63. The molecule has 1 aliphatic heterocycles. The van der Waals surface area contributed by atoms with Crippen molar-refractivity contribution in [1.29, 1.82) is 0 Å². The van der Waals surface area contributed by atoms with Crippen molar-refractivity contribution >= 4 is 11.8 Å². The number of rotatable bonds is 6. The number of aryl methyl sites for hydroxylation is 1. The molecule has 2 amide bonds. The van der Waals surface area contributed by atoms with Gasteiger partial charge in [-0.25, -0.2) is 4.98 Å². The van der Waals surface area contributed by atoms with Crippen molar-refractivity contribution in [1.82, 2.24) is 20.4 Å².